The number of hydrogen-bond donors (Lipinski definition) is 4. The molecule has 17 heteroatoms. The predicted molar refractivity (Wildman–Crippen MR) is 213 cm³/mol. The Morgan fingerprint density at radius 3 is 2.46 bits per heavy atom. The van der Waals surface area contributed by atoms with Crippen LogP contribution in [0, 0.1) is 17.2 Å². The fourth-order valence-corrected chi connectivity index (χ4v) is 8.21. The second-order valence-electron chi connectivity index (χ2n) is 14.7. The Kier molecular flexibility index (Phi) is 13.9. The Morgan fingerprint density at radius 2 is 1.77 bits per heavy atom. The summed E-state index contributed by atoms with van der Waals surface area (Å²) in [5, 5.41) is 44.3. The lowest BCUT2D eigenvalue weighted by Gasteiger charge is -2.34. The Morgan fingerprint density at radius 1 is 1.00 bits per heavy atom. The van der Waals surface area contributed by atoms with Gasteiger partial charge in [0.2, 0.25) is 5.91 Å². The second kappa shape index (κ2) is 19.4. The van der Waals surface area contributed by atoms with Gasteiger partial charge in [0, 0.05) is 57.1 Å². The van der Waals surface area contributed by atoms with Crippen LogP contribution < -0.4 is 20.4 Å². The number of carboxylic acid groups (broad SMARTS) is 1. The third-order valence-corrected chi connectivity index (χ3v) is 11.2. The van der Waals surface area contributed by atoms with Gasteiger partial charge in [-0.1, -0.05) is 36.9 Å². The average Bonchev–Trinajstić information content (AvgIpc) is 3.87. The molecule has 0 radical (unpaired) electrons. The van der Waals surface area contributed by atoms with Crippen molar-refractivity contribution in [1.29, 1.82) is 5.26 Å². The molecule has 0 bridgehead atoms. The van der Waals surface area contributed by atoms with Gasteiger partial charge in [0.1, 0.15) is 11.8 Å². The lowest BCUT2D eigenvalue weighted by Crippen LogP contribution is -2.49. The van der Waals surface area contributed by atoms with Crippen LogP contribution in [0.3, 0.4) is 0 Å². The smallest absolute Gasteiger partial charge is 0.328 e. The number of benzene rings is 2. The maximum Gasteiger partial charge on any atom is 0.328 e. The van der Waals surface area contributed by atoms with Gasteiger partial charge >= 0.3 is 6.03 Å². The van der Waals surface area contributed by atoms with E-state index < -0.39 is 0 Å². The first kappa shape index (κ1) is 40.9. The summed E-state index contributed by atoms with van der Waals surface area (Å²) in [6.45, 7) is 5.12. The number of amides is 4. The van der Waals surface area contributed by atoms with Gasteiger partial charge in [-0.25, -0.2) is 4.79 Å². The van der Waals surface area contributed by atoms with E-state index in [1.165, 1.54) is 37.5 Å². The van der Waals surface area contributed by atoms with E-state index in [2.05, 4.69) is 41.4 Å². The number of carbonyl (C=O) groups is 4. The molecule has 1 unspecified atom stereocenters. The summed E-state index contributed by atoms with van der Waals surface area (Å²) in [6.07, 6.45) is 11.0. The zero-order valence-electron chi connectivity index (χ0n) is 31.6. The number of urea groups is 1. The van der Waals surface area contributed by atoms with Crippen LogP contribution in [0.2, 0.25) is 5.02 Å². The minimum Gasteiger partial charge on any atom is -0.508 e. The monoisotopic (exact) mass is 798 g/mol. The average molecular weight is 799 g/mol. The second-order valence-corrected chi connectivity index (χ2v) is 15.1. The first-order valence-corrected chi connectivity index (χ1v) is 19.7. The molecular weight excluding hydrogens is 752 g/mol. The number of likely N-dealkylation sites (tertiary alicyclic amines) is 1. The number of nitrogens with one attached hydrogen (secondary N) is 2. The third-order valence-electron chi connectivity index (χ3n) is 10.9. The Bertz CT molecular complexity index is 2080. The quantitative estimate of drug-likeness (QED) is 0.180. The summed E-state index contributed by atoms with van der Waals surface area (Å²) >= 11 is 5.55. The molecule has 3 aliphatic heterocycles. The summed E-state index contributed by atoms with van der Waals surface area (Å²) in [5.74, 6) is 1.14. The van der Waals surface area contributed by atoms with E-state index in [0.29, 0.717) is 36.2 Å². The van der Waals surface area contributed by atoms with E-state index in [4.69, 9.17) is 37.0 Å². The Hall–Kier alpha value is -5.79. The number of nitriles is 1. The number of hydrogen-bond acceptors (Lipinski definition) is 11. The van der Waals surface area contributed by atoms with Gasteiger partial charge in [0.05, 0.1) is 34.0 Å². The van der Waals surface area contributed by atoms with Crippen LogP contribution in [0.1, 0.15) is 79.9 Å². The highest BCUT2D eigenvalue weighted by Gasteiger charge is 2.30. The molecule has 300 valence electrons. The lowest BCUT2D eigenvalue weighted by molar-refractivity contribution is -0.123. The summed E-state index contributed by atoms with van der Waals surface area (Å²) in [5.41, 5.74) is 2.59. The summed E-state index contributed by atoms with van der Waals surface area (Å²) in [6, 6.07) is 16.0. The highest BCUT2D eigenvalue weighted by molar-refractivity contribution is 6.31. The highest BCUT2D eigenvalue weighted by Crippen LogP contribution is 2.33. The van der Waals surface area contributed by atoms with Crippen LogP contribution in [-0.4, -0.2) is 105 Å². The van der Waals surface area contributed by atoms with Crippen LogP contribution in [0.4, 0.5) is 16.3 Å². The maximum absolute atomic E-state index is 12.6. The van der Waals surface area contributed by atoms with Crippen LogP contribution in [0.25, 0.3) is 10.9 Å². The molecule has 3 saturated heterocycles. The maximum atomic E-state index is 12.6. The molecule has 4 N–H and O–H groups in total. The molecular formula is C40H47ClN10O6. The van der Waals surface area contributed by atoms with E-state index in [1.807, 2.05) is 36.5 Å². The van der Waals surface area contributed by atoms with E-state index in [-0.39, 0.29) is 41.1 Å². The molecule has 1 aliphatic carbocycles. The van der Waals surface area contributed by atoms with Crippen molar-refractivity contribution in [2.75, 3.05) is 49.1 Å². The van der Waals surface area contributed by atoms with Crippen molar-refractivity contribution in [3.63, 3.8) is 0 Å². The molecule has 2 aromatic carbocycles. The predicted octanol–water partition coefficient (Wildman–Crippen LogP) is 5.12. The number of phenolic OH excluding ortho intramolecular Hbond substituents is 1. The number of fused-ring (bicyclic) bond motifs is 1. The minimum absolute atomic E-state index is 0.0731. The van der Waals surface area contributed by atoms with Gasteiger partial charge in [-0.3, -0.25) is 29.3 Å². The third kappa shape index (κ3) is 10.3. The number of halogens is 1. The SMILES string of the molecule is N#Cc1ccc(O)cc1Cl.O=C1CCN(c2cccc3c2cnn3C2CCN(CC3CCN(c4ccc(C(=O)NC5CCCCC5)nn4)C3)CC2)C(=O)N1.O=CO. The number of phenols is 1. The van der Waals surface area contributed by atoms with Gasteiger partial charge in [-0.2, -0.15) is 10.4 Å². The summed E-state index contributed by atoms with van der Waals surface area (Å²) in [4.78, 5) is 51.6. The lowest BCUT2D eigenvalue weighted by atomic mass is 9.95. The number of carbonyl (C=O) groups excluding carboxylic acids is 3. The van der Waals surface area contributed by atoms with Crippen molar-refractivity contribution < 1.29 is 29.4 Å². The minimum atomic E-state index is -0.374. The van der Waals surface area contributed by atoms with E-state index in [1.54, 1.807) is 4.90 Å². The van der Waals surface area contributed by atoms with E-state index in [0.717, 1.165) is 87.2 Å². The molecule has 4 amide bonds. The first-order chi connectivity index (χ1) is 27.7. The van der Waals surface area contributed by atoms with Gasteiger partial charge < -0.3 is 25.3 Å². The zero-order valence-corrected chi connectivity index (χ0v) is 32.4. The molecule has 2 aromatic heterocycles. The number of imide groups is 1. The summed E-state index contributed by atoms with van der Waals surface area (Å²) in [7, 11) is 0. The summed E-state index contributed by atoms with van der Waals surface area (Å²) < 4.78 is 2.12. The topological polar surface area (TPSA) is 210 Å². The Balaban J connectivity index is 0.000000363. The van der Waals surface area contributed by atoms with Crippen molar-refractivity contribution in [2.45, 2.75) is 69.9 Å². The molecule has 1 atom stereocenters. The van der Waals surface area contributed by atoms with Crippen molar-refractivity contribution in [1.82, 2.24) is 35.5 Å². The van der Waals surface area contributed by atoms with Crippen LogP contribution >= 0.6 is 11.6 Å². The first-order valence-electron chi connectivity index (χ1n) is 19.3. The number of anilines is 2. The number of rotatable bonds is 7. The Labute approximate surface area is 335 Å². The molecule has 57 heavy (non-hydrogen) atoms. The fourth-order valence-electron chi connectivity index (χ4n) is 7.99. The molecule has 0 spiro atoms. The van der Waals surface area contributed by atoms with Gasteiger partial charge in [-0.15, -0.1) is 10.2 Å². The molecule has 1 saturated carbocycles. The number of aromatic nitrogens is 4. The fraction of sp³-hybridized carbons (Fsp3) is 0.450. The standard InChI is InChI=1S/C32H41N9O3.C7H4ClNO.CH2O2/c42-30-14-18-40(32(44)35-30)27-7-4-8-28-25(27)19-33-41(28)24-12-15-38(16-13-24)20-22-11-17-39(21-22)29-10-9-26(36-37-29)31(43)34-23-5-2-1-3-6-23;8-7-3-6(10)2-1-5(7)4-9;2-1-3/h4,7-10,19,22-24H,1-3,5-6,11-18,20-21H2,(H,34,43)(H,35,42,44);1-3,10H;1H,(H,2,3). The normalized spacial score (nSPS) is 19.1. The van der Waals surface area contributed by atoms with Crippen molar-refractivity contribution in [3.8, 4) is 11.8 Å². The highest BCUT2D eigenvalue weighted by atomic mass is 35.5. The zero-order chi connectivity index (χ0) is 40.3. The van der Waals surface area contributed by atoms with Crippen molar-refractivity contribution >= 4 is 58.3 Å². The van der Waals surface area contributed by atoms with Crippen molar-refractivity contribution in [3.05, 3.63) is 71.0 Å². The van der Waals surface area contributed by atoms with Crippen LogP contribution in [-0.2, 0) is 9.59 Å². The number of nitrogens with zero attached hydrogens (tertiary/aromatic N) is 8. The molecule has 4 fully saturated rings. The molecule has 4 aliphatic rings. The number of piperidine rings is 1. The van der Waals surface area contributed by atoms with E-state index >= 15 is 0 Å². The largest absolute Gasteiger partial charge is 0.508 e. The van der Waals surface area contributed by atoms with Crippen LogP contribution in [0.5, 0.6) is 5.75 Å². The molecule has 4 aromatic rings. The van der Waals surface area contributed by atoms with Gasteiger partial charge in [0.25, 0.3) is 12.4 Å². The molecule has 8 rings (SSSR count). The van der Waals surface area contributed by atoms with Gasteiger partial charge in [0.15, 0.2) is 11.5 Å². The number of aromatic hydroxyl groups is 1. The van der Waals surface area contributed by atoms with E-state index in [9.17, 15) is 14.4 Å². The van der Waals surface area contributed by atoms with Crippen molar-refractivity contribution in [2.24, 2.45) is 5.92 Å². The molecule has 16 nitrogen and oxygen atoms in total. The van der Waals surface area contributed by atoms with Crippen LogP contribution in [0.15, 0.2) is 54.7 Å². The molecule has 5 heterocycles. The van der Waals surface area contributed by atoms with Gasteiger partial charge in [-0.05, 0) is 80.5 Å².